The Kier molecular flexibility index (Phi) is 5.75. The second kappa shape index (κ2) is 8.74. The summed E-state index contributed by atoms with van der Waals surface area (Å²) in [5.41, 5.74) is 14.9. The van der Waals surface area contributed by atoms with Gasteiger partial charge in [0.1, 0.15) is 17.2 Å². The Morgan fingerprint density at radius 1 is 1.18 bits per heavy atom. The predicted molar refractivity (Wildman–Crippen MR) is 134 cm³/mol. The number of anilines is 2. The third kappa shape index (κ3) is 4.13. The number of fused-ring (bicyclic) bond motifs is 1. The van der Waals surface area contributed by atoms with Gasteiger partial charge in [-0.3, -0.25) is 4.79 Å². The van der Waals surface area contributed by atoms with E-state index in [1.165, 1.54) is 17.0 Å². The molecule has 34 heavy (non-hydrogen) atoms. The van der Waals surface area contributed by atoms with Crippen LogP contribution in [0.4, 0.5) is 11.6 Å². The fraction of sp³-hybridized carbons (Fsp3) is 0.360. The molecule has 9 heteroatoms. The van der Waals surface area contributed by atoms with E-state index >= 15 is 0 Å². The number of nitrogen functional groups attached to an aromatic ring is 1. The molecule has 1 saturated heterocycles. The van der Waals surface area contributed by atoms with Gasteiger partial charge in [0.25, 0.3) is 0 Å². The molecule has 5 rings (SSSR count). The lowest BCUT2D eigenvalue weighted by Crippen LogP contribution is -2.41. The van der Waals surface area contributed by atoms with Gasteiger partial charge in [-0.25, -0.2) is 13.4 Å². The highest BCUT2D eigenvalue weighted by Gasteiger charge is 2.29. The molecule has 1 aliphatic heterocycles. The highest BCUT2D eigenvalue weighted by Crippen LogP contribution is 2.34. The lowest BCUT2D eigenvalue weighted by atomic mass is 9.91. The molecule has 1 fully saturated rings. The molecule has 8 nitrogen and oxygen atoms in total. The summed E-state index contributed by atoms with van der Waals surface area (Å²) in [6.07, 6.45) is 16.0. The van der Waals surface area contributed by atoms with E-state index < -0.39 is 9.84 Å². The number of hydrogen-bond donors (Lipinski definition) is 1. The van der Waals surface area contributed by atoms with Crippen LogP contribution in [0.2, 0.25) is 0 Å². The Bertz CT molecular complexity index is 1440. The Hall–Kier alpha value is -3.42. The maximum atomic E-state index is 12.5. The SMILES string of the molecule is CC(=O)c1c(N2CCS(=O)(=O)CC2)nc2c(C3=CC4=C(C=C=CC=C4)CCCC3)cnn2c1N. The first kappa shape index (κ1) is 22.4. The van der Waals surface area contributed by atoms with Crippen LogP contribution in [0.3, 0.4) is 0 Å². The van der Waals surface area contributed by atoms with Crippen LogP contribution in [-0.4, -0.2) is 53.4 Å². The lowest BCUT2D eigenvalue weighted by molar-refractivity contribution is 0.101. The Labute approximate surface area is 198 Å². The van der Waals surface area contributed by atoms with Crippen LogP contribution in [0.5, 0.6) is 0 Å². The summed E-state index contributed by atoms with van der Waals surface area (Å²) in [6.45, 7) is 1.99. The van der Waals surface area contributed by atoms with Crippen LogP contribution >= 0.6 is 0 Å². The van der Waals surface area contributed by atoms with Crippen molar-refractivity contribution in [1.82, 2.24) is 14.6 Å². The second-order valence-electron chi connectivity index (χ2n) is 8.88. The standard InChI is InChI=1S/C25H27N5O3S/c1-17(31)22-23(26)30-24(28-25(22)29-11-13-34(32,33)14-12-29)21(16-27-30)20-10-6-5-8-18-7-3-2-4-9-19(18)15-20/h2,4,7,9,15-16H,5-6,8,10-14,26H2,1H3. The first-order valence-corrected chi connectivity index (χ1v) is 13.3. The maximum Gasteiger partial charge on any atom is 0.167 e. The van der Waals surface area contributed by atoms with Crippen LogP contribution in [0.1, 0.15) is 48.5 Å². The summed E-state index contributed by atoms with van der Waals surface area (Å²) in [4.78, 5) is 19.3. The van der Waals surface area contributed by atoms with Crippen LogP contribution in [0.25, 0.3) is 11.2 Å². The number of carbonyl (C=O) groups excluding carboxylic acids is 1. The van der Waals surface area contributed by atoms with Crippen molar-refractivity contribution in [2.24, 2.45) is 0 Å². The summed E-state index contributed by atoms with van der Waals surface area (Å²) in [6, 6.07) is 0. The van der Waals surface area contributed by atoms with Gasteiger partial charge in [0, 0.05) is 18.7 Å². The van der Waals surface area contributed by atoms with E-state index in [-0.39, 0.29) is 41.8 Å². The smallest absolute Gasteiger partial charge is 0.167 e. The van der Waals surface area contributed by atoms with Gasteiger partial charge >= 0.3 is 0 Å². The number of hydrogen-bond acceptors (Lipinski definition) is 7. The number of carbonyl (C=O) groups is 1. The van der Waals surface area contributed by atoms with Crippen molar-refractivity contribution >= 4 is 38.5 Å². The molecule has 2 aromatic heterocycles. The van der Waals surface area contributed by atoms with E-state index in [4.69, 9.17) is 10.7 Å². The highest BCUT2D eigenvalue weighted by molar-refractivity contribution is 7.91. The molecule has 0 saturated carbocycles. The zero-order valence-corrected chi connectivity index (χ0v) is 19.9. The molecular formula is C25H27N5O3S. The third-order valence-electron chi connectivity index (χ3n) is 6.57. The summed E-state index contributed by atoms with van der Waals surface area (Å²) in [7, 11) is -3.08. The monoisotopic (exact) mass is 477 g/mol. The van der Waals surface area contributed by atoms with Crippen LogP contribution < -0.4 is 10.6 Å². The van der Waals surface area contributed by atoms with Crippen molar-refractivity contribution < 1.29 is 13.2 Å². The van der Waals surface area contributed by atoms with E-state index in [1.54, 1.807) is 6.20 Å². The molecule has 0 bridgehead atoms. The minimum atomic E-state index is -3.08. The molecule has 3 heterocycles. The fourth-order valence-electron chi connectivity index (χ4n) is 4.73. The molecule has 0 aromatic carbocycles. The van der Waals surface area contributed by atoms with E-state index in [1.807, 2.05) is 23.1 Å². The van der Waals surface area contributed by atoms with Gasteiger partial charge in [0.2, 0.25) is 0 Å². The molecule has 2 aliphatic carbocycles. The number of allylic oxidation sites excluding steroid dienone is 7. The molecule has 176 valence electrons. The molecule has 0 radical (unpaired) electrons. The predicted octanol–water partition coefficient (Wildman–Crippen LogP) is 3.28. The van der Waals surface area contributed by atoms with Gasteiger partial charge in [-0.1, -0.05) is 18.2 Å². The van der Waals surface area contributed by atoms with Gasteiger partial charge in [-0.15, -0.1) is 5.73 Å². The van der Waals surface area contributed by atoms with Crippen molar-refractivity contribution in [3.8, 4) is 0 Å². The largest absolute Gasteiger partial charge is 0.383 e. The summed E-state index contributed by atoms with van der Waals surface area (Å²) in [5, 5.41) is 4.48. The second-order valence-corrected chi connectivity index (χ2v) is 11.2. The van der Waals surface area contributed by atoms with E-state index in [0.29, 0.717) is 11.5 Å². The fourth-order valence-corrected chi connectivity index (χ4v) is 5.93. The van der Waals surface area contributed by atoms with Crippen molar-refractivity contribution in [2.75, 3.05) is 35.2 Å². The third-order valence-corrected chi connectivity index (χ3v) is 8.18. The minimum Gasteiger partial charge on any atom is -0.383 e. The van der Waals surface area contributed by atoms with Gasteiger partial charge in [-0.05, 0) is 61.5 Å². The van der Waals surface area contributed by atoms with Crippen molar-refractivity contribution in [3.05, 3.63) is 64.6 Å². The van der Waals surface area contributed by atoms with Crippen LogP contribution in [0.15, 0.2) is 53.5 Å². The number of nitrogens with two attached hydrogens (primary N) is 1. The number of rotatable bonds is 3. The Morgan fingerprint density at radius 3 is 2.71 bits per heavy atom. The topological polar surface area (TPSA) is 111 Å². The van der Waals surface area contributed by atoms with E-state index in [2.05, 4.69) is 23.0 Å². The highest BCUT2D eigenvalue weighted by atomic mass is 32.2. The Morgan fingerprint density at radius 2 is 1.94 bits per heavy atom. The summed E-state index contributed by atoms with van der Waals surface area (Å²) in [5.74, 6) is 0.482. The number of aromatic nitrogens is 3. The van der Waals surface area contributed by atoms with Crippen LogP contribution in [-0.2, 0) is 9.84 Å². The molecule has 0 spiro atoms. The molecule has 3 aliphatic rings. The molecule has 0 amide bonds. The van der Waals surface area contributed by atoms with Gasteiger partial charge in [0.15, 0.2) is 21.3 Å². The Balaban J connectivity index is 1.66. The van der Waals surface area contributed by atoms with Crippen molar-refractivity contribution in [1.29, 1.82) is 0 Å². The first-order chi connectivity index (χ1) is 16.3. The van der Waals surface area contributed by atoms with Crippen molar-refractivity contribution in [3.63, 3.8) is 0 Å². The summed E-state index contributed by atoms with van der Waals surface area (Å²) < 4.78 is 25.5. The maximum absolute atomic E-state index is 12.5. The quantitative estimate of drug-likeness (QED) is 0.533. The average molecular weight is 478 g/mol. The van der Waals surface area contributed by atoms with Gasteiger partial charge in [-0.2, -0.15) is 9.61 Å². The zero-order chi connectivity index (χ0) is 23.9. The normalized spacial score (nSPS) is 20.0. The molecule has 2 aromatic rings. The molecule has 0 unspecified atom stereocenters. The lowest BCUT2D eigenvalue weighted by Gasteiger charge is -2.29. The number of Topliss-reactive ketones (excluding diaryl/α,β-unsaturated/α-hetero) is 1. The van der Waals surface area contributed by atoms with Gasteiger partial charge < -0.3 is 10.6 Å². The number of sulfone groups is 1. The van der Waals surface area contributed by atoms with Crippen LogP contribution in [0, 0.1) is 0 Å². The number of nitrogens with zero attached hydrogens (tertiary/aromatic N) is 4. The molecule has 2 N–H and O–H groups in total. The van der Waals surface area contributed by atoms with Crippen molar-refractivity contribution in [2.45, 2.75) is 32.6 Å². The van der Waals surface area contributed by atoms with E-state index in [9.17, 15) is 13.2 Å². The zero-order valence-electron chi connectivity index (χ0n) is 19.1. The van der Waals surface area contributed by atoms with E-state index in [0.717, 1.165) is 42.4 Å². The molecule has 0 atom stereocenters. The number of ketones is 1. The first-order valence-electron chi connectivity index (χ1n) is 11.5. The van der Waals surface area contributed by atoms with Gasteiger partial charge in [0.05, 0.1) is 17.7 Å². The average Bonchev–Trinajstić information content (AvgIpc) is 3.08. The minimum absolute atomic E-state index is 0.0270. The molecular weight excluding hydrogens is 450 g/mol. The summed E-state index contributed by atoms with van der Waals surface area (Å²) >= 11 is 0.